The van der Waals surface area contributed by atoms with Crippen LogP contribution in [0.2, 0.25) is 0 Å². The van der Waals surface area contributed by atoms with Crippen LogP contribution in [-0.4, -0.2) is 30.8 Å². The third kappa shape index (κ3) is 1.49. The van der Waals surface area contributed by atoms with Crippen molar-refractivity contribution in [1.29, 1.82) is 0 Å². The van der Waals surface area contributed by atoms with Crippen molar-refractivity contribution < 1.29 is 14.2 Å². The van der Waals surface area contributed by atoms with Crippen molar-refractivity contribution in [2.75, 3.05) is 6.61 Å². The third-order valence-corrected chi connectivity index (χ3v) is 2.10. The van der Waals surface area contributed by atoms with Crippen LogP contribution in [0, 0.1) is 0 Å². The Balaban J connectivity index is 2.11. The molecule has 0 unspecified atom stereocenters. The normalized spacial score (nSPS) is 41.2. The smallest absolute Gasteiger partial charge is 0.187 e. The van der Waals surface area contributed by atoms with Gasteiger partial charge in [-0.2, -0.15) is 0 Å². The van der Waals surface area contributed by atoms with Gasteiger partial charge in [-0.05, 0) is 19.4 Å². The molecule has 0 radical (unpaired) electrons. The lowest BCUT2D eigenvalue weighted by Crippen LogP contribution is -2.28. The van der Waals surface area contributed by atoms with Gasteiger partial charge in [-0.1, -0.05) is 5.11 Å². The predicted octanol–water partition coefficient (Wildman–Crippen LogP) is 1.17. The van der Waals surface area contributed by atoms with E-state index in [9.17, 15) is 0 Å². The topological polar surface area (TPSA) is 76.5 Å². The summed E-state index contributed by atoms with van der Waals surface area (Å²) in [6, 6.07) is -0.267. The van der Waals surface area contributed by atoms with E-state index in [1.54, 1.807) is 0 Å². The van der Waals surface area contributed by atoms with Gasteiger partial charge in [-0.15, -0.1) is 0 Å². The second kappa shape index (κ2) is 2.85. The van der Waals surface area contributed by atoms with Crippen LogP contribution >= 0.6 is 0 Å². The summed E-state index contributed by atoms with van der Waals surface area (Å²) in [5.41, 5.74) is 8.28. The maximum atomic E-state index is 8.28. The Hall–Kier alpha value is -0.810. The largest absolute Gasteiger partial charge is 0.349 e. The minimum atomic E-state index is -0.640. The molecule has 13 heavy (non-hydrogen) atoms. The first-order valence-corrected chi connectivity index (χ1v) is 4.14. The van der Waals surface area contributed by atoms with E-state index in [4.69, 9.17) is 19.7 Å². The minimum absolute atomic E-state index is 0.258. The van der Waals surface area contributed by atoms with Crippen LogP contribution in [-0.2, 0) is 14.2 Å². The average molecular weight is 185 g/mol. The van der Waals surface area contributed by atoms with Crippen molar-refractivity contribution in [2.45, 2.75) is 38.1 Å². The van der Waals surface area contributed by atoms with E-state index in [1.807, 2.05) is 13.8 Å². The van der Waals surface area contributed by atoms with Gasteiger partial charge >= 0.3 is 0 Å². The monoisotopic (exact) mass is 185 g/mol. The van der Waals surface area contributed by atoms with Gasteiger partial charge in [0.15, 0.2) is 12.1 Å². The number of hydrogen-bond acceptors (Lipinski definition) is 4. The molecule has 2 aliphatic heterocycles. The van der Waals surface area contributed by atoms with E-state index in [0.29, 0.717) is 6.61 Å². The molecule has 3 atom stereocenters. The number of azide groups is 1. The van der Waals surface area contributed by atoms with E-state index in [1.165, 1.54) is 0 Å². The average Bonchev–Trinajstić information content (AvgIpc) is 2.48. The summed E-state index contributed by atoms with van der Waals surface area (Å²) < 4.78 is 16.2. The van der Waals surface area contributed by atoms with Crippen molar-refractivity contribution in [1.82, 2.24) is 0 Å². The molecule has 0 aromatic heterocycles. The molecule has 2 aliphatic rings. The Morgan fingerprint density at radius 2 is 2.23 bits per heavy atom. The molecule has 0 N–H and O–H groups in total. The fourth-order valence-corrected chi connectivity index (χ4v) is 1.60. The lowest BCUT2D eigenvalue weighted by molar-refractivity contribution is -0.193. The van der Waals surface area contributed by atoms with Crippen LogP contribution in [0.5, 0.6) is 0 Å². The maximum absolute atomic E-state index is 8.28. The zero-order chi connectivity index (χ0) is 9.47. The van der Waals surface area contributed by atoms with E-state index in [0.717, 1.165) is 0 Å². The maximum Gasteiger partial charge on any atom is 0.187 e. The van der Waals surface area contributed by atoms with Crippen LogP contribution in [0.1, 0.15) is 13.8 Å². The van der Waals surface area contributed by atoms with Crippen LogP contribution in [0.3, 0.4) is 0 Å². The molecule has 6 nitrogen and oxygen atoms in total. The van der Waals surface area contributed by atoms with Gasteiger partial charge in [0.25, 0.3) is 0 Å². The number of nitrogens with zero attached hydrogens (tertiary/aromatic N) is 3. The first-order chi connectivity index (χ1) is 6.12. The SMILES string of the molecule is CC1(C)O[C@@H]2OC[C@H](N=[N+]=[N-])[C@@H]2O1. The molecule has 2 heterocycles. The molecular weight excluding hydrogens is 174 g/mol. The summed E-state index contributed by atoms with van der Waals surface area (Å²) >= 11 is 0. The molecule has 0 spiro atoms. The van der Waals surface area contributed by atoms with Crippen LogP contribution < -0.4 is 0 Å². The van der Waals surface area contributed by atoms with Gasteiger partial charge < -0.3 is 14.2 Å². The molecule has 72 valence electrons. The van der Waals surface area contributed by atoms with Gasteiger partial charge in [0.1, 0.15) is 6.10 Å². The van der Waals surface area contributed by atoms with Crippen LogP contribution in [0.4, 0.5) is 0 Å². The summed E-state index contributed by atoms with van der Waals surface area (Å²) in [5, 5.41) is 3.58. The highest BCUT2D eigenvalue weighted by Gasteiger charge is 2.49. The lowest BCUT2D eigenvalue weighted by atomic mass is 10.2. The van der Waals surface area contributed by atoms with E-state index < -0.39 is 5.79 Å². The highest BCUT2D eigenvalue weighted by molar-refractivity contribution is 4.91. The summed E-state index contributed by atoms with van der Waals surface area (Å²) in [6.07, 6.45) is -0.642. The molecule has 0 aromatic rings. The highest BCUT2D eigenvalue weighted by atomic mass is 16.8. The van der Waals surface area contributed by atoms with Gasteiger partial charge in [-0.3, -0.25) is 0 Å². The lowest BCUT2D eigenvalue weighted by Gasteiger charge is -2.18. The van der Waals surface area contributed by atoms with Crippen molar-refractivity contribution in [3.8, 4) is 0 Å². The molecule has 0 amide bonds. The Labute approximate surface area is 75.4 Å². The highest BCUT2D eigenvalue weighted by Crippen LogP contribution is 2.35. The number of hydrogen-bond donors (Lipinski definition) is 0. The molecule has 0 bridgehead atoms. The van der Waals surface area contributed by atoms with Crippen molar-refractivity contribution in [2.24, 2.45) is 5.11 Å². The molecule has 2 saturated heterocycles. The van der Waals surface area contributed by atoms with Gasteiger partial charge in [0.2, 0.25) is 0 Å². The van der Waals surface area contributed by atoms with E-state index >= 15 is 0 Å². The molecule has 2 rings (SSSR count). The van der Waals surface area contributed by atoms with Crippen LogP contribution in [0.25, 0.3) is 10.4 Å². The number of fused-ring (bicyclic) bond motifs is 1. The Morgan fingerprint density at radius 1 is 1.46 bits per heavy atom. The molecule has 0 aromatic carbocycles. The van der Waals surface area contributed by atoms with Crippen molar-refractivity contribution in [3.63, 3.8) is 0 Å². The Kier molecular flexibility index (Phi) is 1.92. The van der Waals surface area contributed by atoms with Gasteiger partial charge in [0.05, 0.1) is 12.6 Å². The van der Waals surface area contributed by atoms with E-state index in [-0.39, 0.29) is 18.4 Å². The minimum Gasteiger partial charge on any atom is -0.349 e. The quantitative estimate of drug-likeness (QED) is 0.349. The second-order valence-corrected chi connectivity index (χ2v) is 3.57. The first-order valence-electron chi connectivity index (χ1n) is 4.14. The third-order valence-electron chi connectivity index (χ3n) is 2.10. The van der Waals surface area contributed by atoms with Gasteiger partial charge in [0, 0.05) is 4.91 Å². The second-order valence-electron chi connectivity index (χ2n) is 3.57. The number of rotatable bonds is 1. The van der Waals surface area contributed by atoms with E-state index in [2.05, 4.69) is 10.0 Å². The summed E-state index contributed by atoms with van der Waals surface area (Å²) in [6.45, 7) is 3.99. The number of ether oxygens (including phenoxy) is 3. The Morgan fingerprint density at radius 3 is 2.92 bits per heavy atom. The summed E-state index contributed by atoms with van der Waals surface area (Å²) in [7, 11) is 0. The molecule has 0 saturated carbocycles. The summed E-state index contributed by atoms with van der Waals surface area (Å²) in [4.78, 5) is 2.74. The first kappa shape index (κ1) is 8.77. The molecule has 0 aliphatic carbocycles. The zero-order valence-electron chi connectivity index (χ0n) is 7.51. The molecule has 2 fully saturated rings. The standard InChI is InChI=1S/C7H11N3O3/c1-7(2)12-5-4(9-10-8)3-11-6(5)13-7/h4-6H,3H2,1-2H3/t4-,5-,6-/m0/s1. The van der Waals surface area contributed by atoms with Crippen LogP contribution in [0.15, 0.2) is 5.11 Å². The molecular formula is C7H11N3O3. The fourth-order valence-electron chi connectivity index (χ4n) is 1.60. The summed E-state index contributed by atoms with van der Waals surface area (Å²) in [5.74, 6) is -0.640. The van der Waals surface area contributed by atoms with Gasteiger partial charge in [-0.25, -0.2) is 0 Å². The van der Waals surface area contributed by atoms with Crippen molar-refractivity contribution >= 4 is 0 Å². The zero-order valence-corrected chi connectivity index (χ0v) is 7.51. The van der Waals surface area contributed by atoms with Crippen molar-refractivity contribution in [3.05, 3.63) is 10.4 Å². The fraction of sp³-hybridized carbons (Fsp3) is 1.00. The molecule has 6 heteroatoms. The predicted molar refractivity (Wildman–Crippen MR) is 42.7 cm³/mol. The Bertz CT molecular complexity index is 262.